The van der Waals surface area contributed by atoms with Crippen LogP contribution in [0.4, 0.5) is 10.5 Å². The number of anilines is 1. The number of hydrogen-bond donors (Lipinski definition) is 1. The first-order chi connectivity index (χ1) is 16.3. The van der Waals surface area contributed by atoms with E-state index in [9.17, 15) is 19.2 Å². The van der Waals surface area contributed by atoms with Gasteiger partial charge in [-0.2, -0.15) is 0 Å². The molecule has 2 aromatic carbocycles. The van der Waals surface area contributed by atoms with Crippen LogP contribution in [-0.2, 0) is 19.1 Å². The summed E-state index contributed by atoms with van der Waals surface area (Å²) in [6.07, 6.45) is 1.51. The fourth-order valence-corrected chi connectivity index (χ4v) is 4.14. The highest BCUT2D eigenvalue weighted by Crippen LogP contribution is 2.38. The van der Waals surface area contributed by atoms with Crippen LogP contribution in [0.25, 0.3) is 6.08 Å². The lowest BCUT2D eigenvalue weighted by Gasteiger charge is -2.14. The zero-order chi connectivity index (χ0) is 24.7. The maximum Gasteiger partial charge on any atom is 0.325 e. The summed E-state index contributed by atoms with van der Waals surface area (Å²) in [5, 5.41) is 2.17. The van der Waals surface area contributed by atoms with Crippen LogP contribution in [0, 0.1) is 0 Å². The fraction of sp³-hybridized carbons (Fsp3) is 0.217. The Morgan fingerprint density at radius 2 is 1.82 bits per heavy atom. The molecule has 0 unspecified atom stereocenters. The Balaban J connectivity index is 1.77. The highest BCUT2D eigenvalue weighted by atomic mass is 79.9. The number of methoxy groups -OCH3 is 1. The van der Waals surface area contributed by atoms with Gasteiger partial charge in [-0.15, -0.1) is 0 Å². The molecule has 3 rings (SSSR count). The zero-order valence-electron chi connectivity index (χ0n) is 18.3. The Morgan fingerprint density at radius 3 is 2.50 bits per heavy atom. The molecule has 1 fully saturated rings. The molecule has 0 spiro atoms. The van der Waals surface area contributed by atoms with Crippen molar-refractivity contribution in [3.8, 4) is 11.5 Å². The number of thioether (sulfide) groups is 1. The lowest BCUT2D eigenvalue weighted by atomic mass is 10.1. The molecule has 11 heteroatoms. The molecule has 1 saturated heterocycles. The van der Waals surface area contributed by atoms with Gasteiger partial charge in [-0.25, -0.2) is 0 Å². The number of hydrogen-bond acceptors (Lipinski definition) is 8. The monoisotopic (exact) mass is 548 g/mol. The number of nitrogens with one attached hydrogen (secondary N) is 1. The molecular formula is C23H21BrN2O7S. The van der Waals surface area contributed by atoms with E-state index in [0.717, 1.165) is 16.7 Å². The van der Waals surface area contributed by atoms with Gasteiger partial charge in [0.15, 0.2) is 18.1 Å². The van der Waals surface area contributed by atoms with Gasteiger partial charge in [-0.1, -0.05) is 34.1 Å². The van der Waals surface area contributed by atoms with Crippen LogP contribution < -0.4 is 14.8 Å². The minimum absolute atomic E-state index is 0.146. The second-order valence-electron chi connectivity index (χ2n) is 6.80. The first-order valence-electron chi connectivity index (χ1n) is 10.1. The Morgan fingerprint density at radius 1 is 1.12 bits per heavy atom. The molecule has 34 heavy (non-hydrogen) atoms. The summed E-state index contributed by atoms with van der Waals surface area (Å²) in [6.45, 7) is 1.43. The SMILES string of the molecule is CCOc1cc(/C=C2/SC(=O)N(CC(=O)OC)C2=O)c(Br)cc1OCC(=O)Nc1ccccc1. The fourth-order valence-electron chi connectivity index (χ4n) is 2.88. The summed E-state index contributed by atoms with van der Waals surface area (Å²) < 4.78 is 16.4. The topological polar surface area (TPSA) is 111 Å². The van der Waals surface area contributed by atoms with E-state index in [2.05, 4.69) is 26.0 Å². The number of nitrogens with zero attached hydrogens (tertiary/aromatic N) is 1. The van der Waals surface area contributed by atoms with E-state index < -0.39 is 23.7 Å². The van der Waals surface area contributed by atoms with Crippen molar-refractivity contribution in [2.24, 2.45) is 0 Å². The molecule has 1 heterocycles. The standard InChI is InChI=1S/C23H21BrN2O7S/c1-3-32-17-9-14(10-19-22(29)26(23(30)34-19)12-21(28)31-2)16(24)11-18(17)33-13-20(27)25-15-7-5-4-6-8-15/h4-11H,3,12-13H2,1-2H3,(H,25,27)/b19-10+. The summed E-state index contributed by atoms with van der Waals surface area (Å²) in [6, 6.07) is 12.2. The number of esters is 1. The number of para-hydroxylation sites is 1. The second kappa shape index (κ2) is 11.7. The summed E-state index contributed by atoms with van der Waals surface area (Å²) >= 11 is 4.15. The van der Waals surface area contributed by atoms with Gasteiger partial charge in [0.2, 0.25) is 0 Å². The van der Waals surface area contributed by atoms with Gasteiger partial charge < -0.3 is 19.5 Å². The average Bonchev–Trinajstić information content (AvgIpc) is 3.08. The van der Waals surface area contributed by atoms with Crippen molar-refractivity contribution in [3.63, 3.8) is 0 Å². The lowest BCUT2D eigenvalue weighted by Crippen LogP contribution is -2.34. The Hall–Kier alpha value is -3.31. The maximum atomic E-state index is 12.6. The molecule has 0 radical (unpaired) electrons. The average molecular weight is 549 g/mol. The van der Waals surface area contributed by atoms with E-state index in [1.165, 1.54) is 13.2 Å². The van der Waals surface area contributed by atoms with Gasteiger partial charge in [-0.3, -0.25) is 24.1 Å². The third-order valence-corrected chi connectivity index (χ3v) is 6.05. The molecule has 3 amide bonds. The third kappa shape index (κ3) is 6.39. The lowest BCUT2D eigenvalue weighted by molar-refractivity contribution is -0.143. The summed E-state index contributed by atoms with van der Waals surface area (Å²) in [7, 11) is 1.18. The number of imide groups is 1. The highest BCUT2D eigenvalue weighted by Gasteiger charge is 2.36. The number of rotatable bonds is 9. The van der Waals surface area contributed by atoms with Crippen LogP contribution in [0.3, 0.4) is 0 Å². The number of halogens is 1. The van der Waals surface area contributed by atoms with Gasteiger partial charge in [0.25, 0.3) is 17.1 Å². The molecule has 9 nitrogen and oxygen atoms in total. The van der Waals surface area contributed by atoms with E-state index in [0.29, 0.717) is 33.8 Å². The number of carbonyl (C=O) groups is 4. The largest absolute Gasteiger partial charge is 0.490 e. The van der Waals surface area contributed by atoms with E-state index in [1.807, 2.05) is 18.2 Å². The van der Waals surface area contributed by atoms with Crippen molar-refractivity contribution in [3.05, 3.63) is 57.4 Å². The number of ether oxygens (including phenoxy) is 3. The quantitative estimate of drug-likeness (QED) is 0.368. The Labute approximate surface area is 208 Å². The van der Waals surface area contributed by atoms with Crippen molar-refractivity contribution >= 4 is 62.5 Å². The van der Waals surface area contributed by atoms with Gasteiger partial charge in [0.05, 0.1) is 18.6 Å². The molecule has 0 atom stereocenters. The molecule has 0 bridgehead atoms. The number of benzene rings is 2. The van der Waals surface area contributed by atoms with Gasteiger partial charge in [0.1, 0.15) is 6.54 Å². The van der Waals surface area contributed by atoms with E-state index in [-0.39, 0.29) is 17.4 Å². The summed E-state index contributed by atoms with van der Waals surface area (Å²) in [5.74, 6) is -0.941. The third-order valence-electron chi connectivity index (χ3n) is 4.45. The first-order valence-corrected chi connectivity index (χ1v) is 11.7. The molecule has 0 aliphatic carbocycles. The first kappa shape index (κ1) is 25.3. The Kier molecular flexibility index (Phi) is 8.72. The summed E-state index contributed by atoms with van der Waals surface area (Å²) in [5.41, 5.74) is 1.20. The van der Waals surface area contributed by atoms with Crippen molar-refractivity contribution < 1.29 is 33.4 Å². The molecule has 1 aliphatic rings. The minimum atomic E-state index is -0.693. The van der Waals surface area contributed by atoms with Crippen molar-refractivity contribution in [1.82, 2.24) is 4.90 Å². The number of carbonyl (C=O) groups excluding carboxylic acids is 4. The van der Waals surface area contributed by atoms with Crippen LogP contribution in [-0.4, -0.2) is 54.8 Å². The van der Waals surface area contributed by atoms with E-state index >= 15 is 0 Å². The molecule has 0 saturated carbocycles. The van der Waals surface area contributed by atoms with Crippen LogP contribution in [0.2, 0.25) is 0 Å². The highest BCUT2D eigenvalue weighted by molar-refractivity contribution is 9.10. The van der Waals surface area contributed by atoms with E-state index in [4.69, 9.17) is 9.47 Å². The van der Waals surface area contributed by atoms with Crippen molar-refractivity contribution in [1.29, 1.82) is 0 Å². The maximum absolute atomic E-state index is 12.6. The molecule has 178 valence electrons. The molecule has 2 aromatic rings. The van der Waals surface area contributed by atoms with Crippen molar-refractivity contribution in [2.75, 3.05) is 32.2 Å². The van der Waals surface area contributed by atoms with Crippen LogP contribution in [0.1, 0.15) is 12.5 Å². The van der Waals surface area contributed by atoms with Crippen LogP contribution in [0.5, 0.6) is 11.5 Å². The molecule has 1 N–H and O–H groups in total. The predicted molar refractivity (Wildman–Crippen MR) is 131 cm³/mol. The predicted octanol–water partition coefficient (Wildman–Crippen LogP) is 4.07. The van der Waals surface area contributed by atoms with Gasteiger partial charge in [-0.05, 0) is 54.6 Å². The van der Waals surface area contributed by atoms with E-state index in [1.54, 1.807) is 31.2 Å². The normalized spacial score (nSPS) is 14.3. The van der Waals surface area contributed by atoms with Gasteiger partial charge >= 0.3 is 5.97 Å². The minimum Gasteiger partial charge on any atom is -0.490 e. The summed E-state index contributed by atoms with van der Waals surface area (Å²) in [4.78, 5) is 49.4. The van der Waals surface area contributed by atoms with Crippen LogP contribution in [0.15, 0.2) is 51.8 Å². The van der Waals surface area contributed by atoms with Crippen molar-refractivity contribution in [2.45, 2.75) is 6.92 Å². The molecule has 0 aromatic heterocycles. The number of amides is 3. The second-order valence-corrected chi connectivity index (χ2v) is 8.65. The van der Waals surface area contributed by atoms with Gasteiger partial charge in [0, 0.05) is 10.2 Å². The molecular weight excluding hydrogens is 528 g/mol. The van der Waals surface area contributed by atoms with Crippen LogP contribution >= 0.6 is 27.7 Å². The Bertz CT molecular complexity index is 1140. The molecule has 1 aliphatic heterocycles. The smallest absolute Gasteiger partial charge is 0.325 e. The zero-order valence-corrected chi connectivity index (χ0v) is 20.7.